The second kappa shape index (κ2) is 12.5. The number of nitrogens with one attached hydrogen (secondary N) is 2. The number of aliphatic imine (C=N–C) groups is 1. The summed E-state index contributed by atoms with van der Waals surface area (Å²) in [4.78, 5) is 20.3. The van der Waals surface area contributed by atoms with Crippen molar-refractivity contribution >= 4 is 38.6 Å². The molecule has 9 heteroatoms. The van der Waals surface area contributed by atoms with Gasteiger partial charge in [0.15, 0.2) is 0 Å². The van der Waals surface area contributed by atoms with Crippen LogP contribution in [0.25, 0.3) is 0 Å². The maximum atomic E-state index is 13.5. The predicted octanol–water partition coefficient (Wildman–Crippen LogP) is 5.50. The fourth-order valence-corrected chi connectivity index (χ4v) is 7.78. The summed E-state index contributed by atoms with van der Waals surface area (Å²) in [5, 5.41) is 3.42. The molecule has 1 aromatic rings. The lowest BCUT2D eigenvalue weighted by Gasteiger charge is -2.34. The molecule has 1 heterocycles. The second-order valence-corrected chi connectivity index (χ2v) is 13.0. The largest absolute Gasteiger partial charge is 0.333 e. The molecule has 2 aliphatic carbocycles. The van der Waals surface area contributed by atoms with Gasteiger partial charge in [-0.3, -0.25) is 9.79 Å². The summed E-state index contributed by atoms with van der Waals surface area (Å²) in [5.74, 6) is 0.1000. The van der Waals surface area contributed by atoms with Crippen LogP contribution < -0.4 is 10.0 Å². The minimum absolute atomic E-state index is 0.000396. The number of hydrogen-bond acceptors (Lipinski definition) is 5. The minimum Gasteiger partial charge on any atom is -0.333 e. The van der Waals surface area contributed by atoms with E-state index in [1.54, 1.807) is 7.05 Å². The Morgan fingerprint density at radius 1 is 1.28 bits per heavy atom. The molecule has 1 amide bonds. The van der Waals surface area contributed by atoms with Crippen molar-refractivity contribution in [3.8, 4) is 0 Å². The average Bonchev–Trinajstić information content (AvgIpc) is 3.62. The van der Waals surface area contributed by atoms with E-state index >= 15 is 0 Å². The van der Waals surface area contributed by atoms with Crippen molar-refractivity contribution < 1.29 is 13.2 Å². The number of nitrogens with zero attached hydrogens (tertiary/aromatic N) is 2. The van der Waals surface area contributed by atoms with Gasteiger partial charge in [0.1, 0.15) is 9.90 Å². The predicted molar refractivity (Wildman–Crippen MR) is 150 cm³/mol. The number of hydrogen-bond donors (Lipinski definition) is 2. The number of amides is 1. The van der Waals surface area contributed by atoms with Crippen molar-refractivity contribution in [2.45, 2.75) is 90.0 Å². The van der Waals surface area contributed by atoms with Crippen LogP contribution in [0.4, 0.5) is 5.00 Å². The van der Waals surface area contributed by atoms with Crippen molar-refractivity contribution in [2.24, 2.45) is 16.8 Å². The lowest BCUT2D eigenvalue weighted by atomic mass is 9.92. The maximum absolute atomic E-state index is 13.5. The van der Waals surface area contributed by atoms with Gasteiger partial charge in [0, 0.05) is 42.5 Å². The molecule has 3 rings (SSSR count). The molecule has 0 bridgehead atoms. The van der Waals surface area contributed by atoms with E-state index in [1.165, 1.54) is 16.9 Å². The first-order chi connectivity index (χ1) is 17.1. The first-order valence-corrected chi connectivity index (χ1v) is 15.4. The van der Waals surface area contributed by atoms with Crippen LogP contribution in [0.2, 0.25) is 0 Å². The smallest absolute Gasteiger partial charge is 0.243 e. The Labute approximate surface area is 221 Å². The van der Waals surface area contributed by atoms with Crippen LogP contribution in [0.3, 0.4) is 0 Å². The number of carbonyl (C=O) groups excluding carboxylic acids is 1. The molecule has 1 saturated carbocycles. The highest BCUT2D eigenvalue weighted by Crippen LogP contribution is 2.43. The molecule has 1 fully saturated rings. The number of thiophene rings is 1. The van der Waals surface area contributed by atoms with Crippen LogP contribution in [0.15, 0.2) is 33.8 Å². The fraction of sp³-hybridized carbons (Fsp3) is 0.630. The minimum atomic E-state index is -3.78. The highest BCUT2D eigenvalue weighted by molar-refractivity contribution is 7.90. The Hall–Kier alpha value is -1.97. The molecule has 1 unspecified atom stereocenters. The van der Waals surface area contributed by atoms with Gasteiger partial charge in [-0.1, -0.05) is 45.9 Å². The molecule has 7 nitrogen and oxygen atoms in total. The average molecular weight is 535 g/mol. The molecule has 2 N–H and O–H groups in total. The first kappa shape index (κ1) is 28.6. The van der Waals surface area contributed by atoms with Gasteiger partial charge in [0.25, 0.3) is 0 Å². The Kier molecular flexibility index (Phi) is 9.94. The number of aryl methyl sites for hydroxylation is 1. The lowest BCUT2D eigenvalue weighted by molar-refractivity contribution is -0.117. The highest BCUT2D eigenvalue weighted by Gasteiger charge is 2.37. The van der Waals surface area contributed by atoms with Crippen molar-refractivity contribution in [2.75, 3.05) is 18.9 Å². The number of allylic oxidation sites excluding steroid dienone is 2. The molecule has 0 saturated heterocycles. The van der Waals surface area contributed by atoms with Crippen molar-refractivity contribution in [3.05, 3.63) is 34.4 Å². The van der Waals surface area contributed by atoms with E-state index in [9.17, 15) is 13.2 Å². The monoisotopic (exact) mass is 534 g/mol. The van der Waals surface area contributed by atoms with E-state index in [4.69, 9.17) is 0 Å². The first-order valence-electron chi connectivity index (χ1n) is 13.1. The van der Waals surface area contributed by atoms with Gasteiger partial charge < -0.3 is 10.2 Å². The standard InChI is InChI=1S/C27H42N4O3S2/c1-7-9-20(8-2)14-19(5)31(17-28-6)22-12-13-24-23(15-22)25(36(33,34)29-16-18(3)4)27(35-24)30-26(32)21-10-11-21/h9,17-18,21-22,29H,5,7-8,10-16H2,1-4,6H3,(H,30,32)/b20-9+,28-17-. The van der Waals surface area contributed by atoms with E-state index in [0.29, 0.717) is 18.0 Å². The molecular weight excluding hydrogens is 492 g/mol. The van der Waals surface area contributed by atoms with E-state index in [-0.39, 0.29) is 28.7 Å². The molecule has 2 aliphatic rings. The second-order valence-electron chi connectivity index (χ2n) is 10.2. The molecular formula is C27H42N4O3S2. The molecule has 0 aromatic carbocycles. The summed E-state index contributed by atoms with van der Waals surface area (Å²) < 4.78 is 29.8. The molecule has 0 radical (unpaired) electrons. The molecule has 0 spiro atoms. The summed E-state index contributed by atoms with van der Waals surface area (Å²) in [5.41, 5.74) is 3.13. The van der Waals surface area contributed by atoms with Crippen LogP contribution in [-0.2, 0) is 27.7 Å². The van der Waals surface area contributed by atoms with Crippen LogP contribution >= 0.6 is 11.3 Å². The molecule has 36 heavy (non-hydrogen) atoms. The zero-order valence-corrected chi connectivity index (χ0v) is 24.0. The van der Waals surface area contributed by atoms with Crippen LogP contribution in [0, 0.1) is 11.8 Å². The topological polar surface area (TPSA) is 90.9 Å². The lowest BCUT2D eigenvalue weighted by Crippen LogP contribution is -2.38. The fourth-order valence-electron chi connectivity index (χ4n) is 4.59. The number of carbonyl (C=O) groups is 1. The van der Waals surface area contributed by atoms with Crippen LogP contribution in [-0.4, -0.2) is 45.2 Å². The van der Waals surface area contributed by atoms with Gasteiger partial charge in [-0.05, 0) is 56.4 Å². The molecule has 1 atom stereocenters. The van der Waals surface area contributed by atoms with E-state index < -0.39 is 10.0 Å². The highest BCUT2D eigenvalue weighted by atomic mass is 32.2. The summed E-state index contributed by atoms with van der Waals surface area (Å²) in [7, 11) is -2.04. The number of fused-ring (bicyclic) bond motifs is 1. The third-order valence-corrected chi connectivity index (χ3v) is 9.57. The van der Waals surface area contributed by atoms with E-state index in [1.807, 2.05) is 20.2 Å². The van der Waals surface area contributed by atoms with Crippen LogP contribution in [0.5, 0.6) is 0 Å². The SMILES string of the molecule is C=C(C/C(=C/CC)CC)N(/C=N\C)C1CCc2sc(NC(=O)C3CC3)c(S(=O)(=O)NCC(C)C)c2C1. The Bertz CT molecular complexity index is 1110. The number of anilines is 1. The van der Waals surface area contributed by atoms with Gasteiger partial charge in [-0.15, -0.1) is 11.3 Å². The van der Waals surface area contributed by atoms with E-state index in [0.717, 1.165) is 61.1 Å². The third kappa shape index (κ3) is 7.07. The zero-order valence-electron chi connectivity index (χ0n) is 22.4. The summed E-state index contributed by atoms with van der Waals surface area (Å²) in [6, 6.07) is 0.0501. The summed E-state index contributed by atoms with van der Waals surface area (Å²) >= 11 is 1.42. The number of sulfonamides is 1. The number of rotatable bonds is 13. The molecule has 200 valence electrons. The van der Waals surface area contributed by atoms with Gasteiger partial charge in [-0.25, -0.2) is 13.1 Å². The van der Waals surface area contributed by atoms with Gasteiger partial charge in [0.05, 0.1) is 6.34 Å². The van der Waals surface area contributed by atoms with Crippen molar-refractivity contribution in [1.29, 1.82) is 0 Å². The summed E-state index contributed by atoms with van der Waals surface area (Å²) in [6.45, 7) is 13.0. The third-order valence-electron chi connectivity index (χ3n) is 6.70. The van der Waals surface area contributed by atoms with Gasteiger partial charge in [0.2, 0.25) is 15.9 Å². The summed E-state index contributed by atoms with van der Waals surface area (Å²) in [6.07, 6.45) is 10.7. The van der Waals surface area contributed by atoms with Crippen LogP contribution in [0.1, 0.15) is 76.7 Å². The van der Waals surface area contributed by atoms with E-state index in [2.05, 4.69) is 46.4 Å². The van der Waals surface area contributed by atoms with Crippen molar-refractivity contribution in [1.82, 2.24) is 9.62 Å². The molecule has 1 aromatic heterocycles. The normalized spacial score (nSPS) is 18.5. The quantitative estimate of drug-likeness (QED) is 0.199. The molecule has 0 aliphatic heterocycles. The Morgan fingerprint density at radius 2 is 2.00 bits per heavy atom. The maximum Gasteiger partial charge on any atom is 0.243 e. The zero-order chi connectivity index (χ0) is 26.5. The van der Waals surface area contributed by atoms with Crippen molar-refractivity contribution in [3.63, 3.8) is 0 Å². The van der Waals surface area contributed by atoms with Gasteiger partial charge >= 0.3 is 0 Å². The van der Waals surface area contributed by atoms with Gasteiger partial charge in [-0.2, -0.15) is 0 Å². The Morgan fingerprint density at radius 3 is 2.58 bits per heavy atom. The Balaban J connectivity index is 1.94.